The van der Waals surface area contributed by atoms with Crippen molar-refractivity contribution in [3.05, 3.63) is 0 Å². The molecule has 0 bridgehead atoms. The molecule has 4 fully saturated rings. The molecule has 0 radical (unpaired) electrons. The molecule has 2 aliphatic carbocycles. The highest BCUT2D eigenvalue weighted by Crippen LogP contribution is 2.27. The quantitative estimate of drug-likeness (QED) is 0.474. The van der Waals surface area contributed by atoms with E-state index in [0.29, 0.717) is 17.9 Å². The van der Waals surface area contributed by atoms with Crippen molar-refractivity contribution in [3.63, 3.8) is 0 Å². The van der Waals surface area contributed by atoms with Gasteiger partial charge in [-0.3, -0.25) is 14.7 Å². The number of aliphatic imine (C=N–C) groups is 1. The zero-order valence-corrected chi connectivity index (χ0v) is 19.7. The number of nitrogens with one attached hydrogen (secondary N) is 2. The van der Waals surface area contributed by atoms with Crippen LogP contribution in [0.5, 0.6) is 0 Å². The number of carbonyl (C=O) groups excluding carboxylic acids is 1. The SMILES string of the molecule is CN=C(NCCN1CCN(C(=O)C2CCCC2)CC1)NC1CCN(CC2CCCC2)C1. The van der Waals surface area contributed by atoms with E-state index in [2.05, 4.69) is 30.3 Å². The van der Waals surface area contributed by atoms with Gasteiger partial charge in [0.1, 0.15) is 0 Å². The van der Waals surface area contributed by atoms with Crippen molar-refractivity contribution >= 4 is 11.9 Å². The standard InChI is InChI=1S/C24H44N6O/c1-25-24(27-22-10-12-29(19-22)18-20-6-2-3-7-20)26-11-13-28-14-16-30(17-15-28)23(31)21-8-4-5-9-21/h20-22H,2-19H2,1H3,(H2,25,26,27). The Morgan fingerprint density at radius 1 is 0.903 bits per heavy atom. The second kappa shape index (κ2) is 11.5. The fraction of sp³-hybridized carbons (Fsp3) is 0.917. The van der Waals surface area contributed by atoms with E-state index < -0.39 is 0 Å². The van der Waals surface area contributed by atoms with E-state index in [0.717, 1.165) is 70.5 Å². The van der Waals surface area contributed by atoms with Crippen LogP contribution in [-0.2, 0) is 4.79 Å². The van der Waals surface area contributed by atoms with Crippen LogP contribution in [0.3, 0.4) is 0 Å². The predicted octanol–water partition coefficient (Wildman–Crippen LogP) is 1.75. The summed E-state index contributed by atoms with van der Waals surface area (Å²) in [5.41, 5.74) is 0. The van der Waals surface area contributed by atoms with E-state index in [-0.39, 0.29) is 0 Å². The number of guanidine groups is 1. The third kappa shape index (κ3) is 6.58. The van der Waals surface area contributed by atoms with Gasteiger partial charge in [-0.2, -0.15) is 0 Å². The van der Waals surface area contributed by atoms with Crippen LogP contribution in [-0.4, -0.2) is 98.6 Å². The molecule has 2 saturated carbocycles. The molecule has 1 atom stereocenters. The van der Waals surface area contributed by atoms with E-state index in [1.165, 1.54) is 58.0 Å². The highest BCUT2D eigenvalue weighted by molar-refractivity contribution is 5.80. The van der Waals surface area contributed by atoms with Crippen LogP contribution in [0.2, 0.25) is 0 Å². The highest BCUT2D eigenvalue weighted by atomic mass is 16.2. The van der Waals surface area contributed by atoms with Crippen LogP contribution in [0.4, 0.5) is 0 Å². The minimum atomic E-state index is 0.312. The van der Waals surface area contributed by atoms with Gasteiger partial charge in [-0.15, -0.1) is 0 Å². The summed E-state index contributed by atoms with van der Waals surface area (Å²) < 4.78 is 0. The molecule has 1 unspecified atom stereocenters. The second-order valence-corrected chi connectivity index (χ2v) is 10.2. The molecule has 176 valence electrons. The number of carbonyl (C=O) groups is 1. The first kappa shape index (κ1) is 22.8. The smallest absolute Gasteiger partial charge is 0.225 e. The van der Waals surface area contributed by atoms with Gasteiger partial charge in [-0.1, -0.05) is 25.7 Å². The van der Waals surface area contributed by atoms with Crippen LogP contribution < -0.4 is 10.6 Å². The molecular weight excluding hydrogens is 388 g/mol. The molecule has 0 spiro atoms. The molecule has 4 aliphatic rings. The Labute approximate surface area is 189 Å². The summed E-state index contributed by atoms with van der Waals surface area (Å²) in [6.07, 6.45) is 11.6. The van der Waals surface area contributed by atoms with Gasteiger partial charge < -0.3 is 20.4 Å². The van der Waals surface area contributed by atoms with Crippen molar-refractivity contribution in [1.29, 1.82) is 0 Å². The molecule has 4 rings (SSSR count). The molecule has 7 heteroatoms. The highest BCUT2D eigenvalue weighted by Gasteiger charge is 2.29. The van der Waals surface area contributed by atoms with Gasteiger partial charge in [0.25, 0.3) is 0 Å². The maximum Gasteiger partial charge on any atom is 0.225 e. The van der Waals surface area contributed by atoms with Crippen molar-refractivity contribution in [2.45, 2.75) is 63.8 Å². The zero-order valence-electron chi connectivity index (χ0n) is 19.7. The predicted molar refractivity (Wildman–Crippen MR) is 126 cm³/mol. The van der Waals surface area contributed by atoms with E-state index in [1.807, 2.05) is 7.05 Å². The lowest BCUT2D eigenvalue weighted by Crippen LogP contribution is -2.52. The van der Waals surface area contributed by atoms with Crippen molar-refractivity contribution in [2.75, 3.05) is 66.0 Å². The molecule has 0 aromatic rings. The maximum atomic E-state index is 12.6. The fourth-order valence-corrected chi connectivity index (χ4v) is 6.02. The third-order valence-electron chi connectivity index (χ3n) is 7.94. The summed E-state index contributed by atoms with van der Waals surface area (Å²) in [5.74, 6) is 2.60. The Hall–Kier alpha value is -1.34. The van der Waals surface area contributed by atoms with E-state index in [9.17, 15) is 4.79 Å². The van der Waals surface area contributed by atoms with Gasteiger partial charge in [0, 0.05) is 77.9 Å². The fourth-order valence-electron chi connectivity index (χ4n) is 6.02. The Morgan fingerprint density at radius 3 is 2.32 bits per heavy atom. The monoisotopic (exact) mass is 432 g/mol. The first-order valence-electron chi connectivity index (χ1n) is 12.9. The lowest BCUT2D eigenvalue weighted by Gasteiger charge is -2.36. The minimum Gasteiger partial charge on any atom is -0.355 e. The number of piperazine rings is 1. The van der Waals surface area contributed by atoms with Crippen molar-refractivity contribution in [2.24, 2.45) is 16.8 Å². The lowest BCUT2D eigenvalue weighted by molar-refractivity contribution is -0.137. The number of rotatable bonds is 7. The van der Waals surface area contributed by atoms with Crippen molar-refractivity contribution in [3.8, 4) is 0 Å². The maximum absolute atomic E-state index is 12.6. The van der Waals surface area contributed by atoms with Crippen LogP contribution in [0.25, 0.3) is 0 Å². The average molecular weight is 433 g/mol. The Morgan fingerprint density at radius 2 is 1.61 bits per heavy atom. The summed E-state index contributed by atoms with van der Waals surface area (Å²) in [4.78, 5) is 24.3. The summed E-state index contributed by atoms with van der Waals surface area (Å²) in [5, 5.41) is 7.15. The first-order valence-corrected chi connectivity index (χ1v) is 12.9. The zero-order chi connectivity index (χ0) is 21.5. The van der Waals surface area contributed by atoms with Gasteiger partial charge >= 0.3 is 0 Å². The third-order valence-corrected chi connectivity index (χ3v) is 7.94. The molecule has 0 aromatic heterocycles. The topological polar surface area (TPSA) is 63.2 Å². The second-order valence-electron chi connectivity index (χ2n) is 10.2. The number of nitrogens with zero attached hydrogens (tertiary/aromatic N) is 4. The molecule has 2 heterocycles. The number of likely N-dealkylation sites (tertiary alicyclic amines) is 1. The van der Waals surface area contributed by atoms with Gasteiger partial charge in [0.15, 0.2) is 5.96 Å². The Kier molecular flexibility index (Phi) is 8.48. The summed E-state index contributed by atoms with van der Waals surface area (Å²) in [7, 11) is 1.87. The van der Waals surface area contributed by atoms with Crippen LogP contribution in [0.15, 0.2) is 4.99 Å². The molecule has 0 aromatic carbocycles. The number of hydrogen-bond donors (Lipinski definition) is 2. The molecule has 7 nitrogen and oxygen atoms in total. The van der Waals surface area contributed by atoms with Gasteiger partial charge in [0.2, 0.25) is 5.91 Å². The Bertz CT molecular complexity index is 591. The Balaban J connectivity index is 1.09. The summed E-state index contributed by atoms with van der Waals surface area (Å²) >= 11 is 0. The summed E-state index contributed by atoms with van der Waals surface area (Å²) in [6, 6.07) is 0.512. The molecule has 31 heavy (non-hydrogen) atoms. The van der Waals surface area contributed by atoms with Crippen molar-refractivity contribution < 1.29 is 4.79 Å². The minimum absolute atomic E-state index is 0.312. The molecule has 2 saturated heterocycles. The van der Waals surface area contributed by atoms with Gasteiger partial charge in [-0.05, 0) is 38.0 Å². The van der Waals surface area contributed by atoms with Crippen LogP contribution >= 0.6 is 0 Å². The molecule has 1 amide bonds. The average Bonchev–Trinajstić information content (AvgIpc) is 3.57. The number of amides is 1. The molecule has 2 aliphatic heterocycles. The molecular formula is C24H44N6O. The molecule has 2 N–H and O–H groups in total. The largest absolute Gasteiger partial charge is 0.355 e. The number of hydrogen-bond acceptors (Lipinski definition) is 4. The van der Waals surface area contributed by atoms with Gasteiger partial charge in [-0.25, -0.2) is 0 Å². The summed E-state index contributed by atoms with van der Waals surface area (Å²) in [6.45, 7) is 9.32. The van der Waals surface area contributed by atoms with Crippen LogP contribution in [0.1, 0.15) is 57.8 Å². The van der Waals surface area contributed by atoms with Gasteiger partial charge in [0.05, 0.1) is 0 Å². The van der Waals surface area contributed by atoms with E-state index in [4.69, 9.17) is 0 Å². The normalized spacial score (nSPS) is 27.3. The lowest BCUT2D eigenvalue weighted by atomic mass is 10.1. The van der Waals surface area contributed by atoms with E-state index in [1.54, 1.807) is 0 Å². The van der Waals surface area contributed by atoms with Crippen LogP contribution in [0, 0.1) is 11.8 Å². The van der Waals surface area contributed by atoms with Crippen molar-refractivity contribution in [1.82, 2.24) is 25.3 Å². The first-order chi connectivity index (χ1) is 15.2. The van der Waals surface area contributed by atoms with E-state index >= 15 is 0 Å².